The van der Waals surface area contributed by atoms with Crippen molar-refractivity contribution in [1.82, 2.24) is 14.9 Å². The maximum absolute atomic E-state index is 14.9. The molecule has 2 heterocycles. The van der Waals surface area contributed by atoms with Gasteiger partial charge in [-0.2, -0.15) is 39.5 Å². The first kappa shape index (κ1) is 36.6. The summed E-state index contributed by atoms with van der Waals surface area (Å²) < 4.78 is 150. The first-order chi connectivity index (χ1) is 22.6. The maximum atomic E-state index is 14.9. The molecule has 0 spiro atoms. The number of rotatable bonds is 9. The molecule has 0 saturated carbocycles. The van der Waals surface area contributed by atoms with Crippen molar-refractivity contribution in [2.75, 3.05) is 18.0 Å². The van der Waals surface area contributed by atoms with Crippen LogP contribution in [0.5, 0.6) is 0 Å². The topological polar surface area (TPSA) is 105 Å². The van der Waals surface area contributed by atoms with Crippen molar-refractivity contribution >= 4 is 28.3 Å². The number of carboxylic acid groups (broad SMARTS) is 1. The van der Waals surface area contributed by atoms with Gasteiger partial charge in [-0.05, 0) is 35.2 Å². The Morgan fingerprint density at radius 1 is 0.918 bits per heavy atom. The minimum atomic E-state index is -5.22. The molecule has 0 saturated heterocycles. The third-order valence-electron chi connectivity index (χ3n) is 7.09. The molecule has 2 N–H and O–H groups in total. The minimum Gasteiger partial charge on any atom is -0.480 e. The van der Waals surface area contributed by atoms with E-state index in [0.717, 1.165) is 17.0 Å². The molecule has 0 radical (unpaired) electrons. The van der Waals surface area contributed by atoms with E-state index < -0.39 is 106 Å². The van der Waals surface area contributed by atoms with E-state index in [-0.39, 0.29) is 28.5 Å². The normalized spacial score (nSPS) is 13.0. The number of anilines is 1. The molecule has 0 aliphatic heterocycles. The predicted molar refractivity (Wildman–Crippen MR) is 151 cm³/mol. The number of aliphatic carboxylic acids is 1. The second-order valence-electron chi connectivity index (χ2n) is 10.6. The zero-order valence-electron chi connectivity index (χ0n) is 24.6. The summed E-state index contributed by atoms with van der Waals surface area (Å²) in [6.45, 7) is -4.51. The van der Waals surface area contributed by atoms with E-state index in [0.29, 0.717) is 6.07 Å². The quantitative estimate of drug-likeness (QED) is 0.199. The fourth-order valence-electron chi connectivity index (χ4n) is 5.02. The summed E-state index contributed by atoms with van der Waals surface area (Å²) in [5.74, 6) is -7.32. The van der Waals surface area contributed by atoms with E-state index in [1.807, 2.05) is 5.32 Å². The predicted octanol–water partition coefficient (Wildman–Crippen LogP) is 6.25. The van der Waals surface area contributed by atoms with Crippen LogP contribution in [0.3, 0.4) is 0 Å². The Balaban J connectivity index is 1.70. The average Bonchev–Trinajstić information content (AvgIpc) is 2.95. The van der Waals surface area contributed by atoms with Crippen LogP contribution in [0, 0.1) is 11.6 Å². The Morgan fingerprint density at radius 2 is 1.51 bits per heavy atom. The summed E-state index contributed by atoms with van der Waals surface area (Å²) in [6, 6.07) is 3.96. The van der Waals surface area contributed by atoms with Gasteiger partial charge in [0.05, 0.1) is 16.8 Å². The first-order valence-corrected chi connectivity index (χ1v) is 13.6. The van der Waals surface area contributed by atoms with Gasteiger partial charge in [-0.15, -0.1) is 0 Å². The lowest BCUT2D eigenvalue weighted by atomic mass is 9.95. The van der Waals surface area contributed by atoms with Crippen molar-refractivity contribution < 1.29 is 63.0 Å². The van der Waals surface area contributed by atoms with Crippen LogP contribution in [0.25, 0.3) is 22.0 Å². The highest BCUT2D eigenvalue weighted by molar-refractivity contribution is 5.99. The summed E-state index contributed by atoms with van der Waals surface area (Å²) >= 11 is 0. The zero-order chi connectivity index (χ0) is 36.6. The molecule has 4 aromatic rings. The molecular weight excluding hydrogens is 689 g/mol. The fourth-order valence-corrected chi connectivity index (χ4v) is 5.02. The number of aryl methyl sites for hydroxylation is 1. The Labute approximate surface area is 267 Å². The van der Waals surface area contributed by atoms with E-state index in [1.54, 1.807) is 0 Å². The lowest BCUT2D eigenvalue weighted by Gasteiger charge is -2.27. The van der Waals surface area contributed by atoms with Gasteiger partial charge in [-0.1, -0.05) is 18.2 Å². The highest BCUT2D eigenvalue weighted by Gasteiger charge is 2.39. The average molecular weight is 711 g/mol. The van der Waals surface area contributed by atoms with Crippen LogP contribution in [-0.4, -0.2) is 58.0 Å². The number of carboxylic acids is 1. The molecule has 262 valence electrons. The molecule has 2 aromatic carbocycles. The SMILES string of the molecule is Cn1ccc(C(F)(F)F)c(-c2nccc3c(C[C@H](NC(=O)c4c(F)cc(N(CC(F)(F)F)CC(F)(F)F)cc4F)C(=O)O)cccc23)c1=O. The van der Waals surface area contributed by atoms with E-state index >= 15 is 0 Å². The van der Waals surface area contributed by atoms with E-state index in [9.17, 15) is 67.8 Å². The number of amides is 1. The van der Waals surface area contributed by atoms with Crippen molar-refractivity contribution in [2.45, 2.75) is 31.0 Å². The Morgan fingerprint density at radius 3 is 2.04 bits per heavy atom. The number of fused-ring (bicyclic) bond motifs is 1. The third-order valence-corrected chi connectivity index (χ3v) is 7.09. The number of aromatic nitrogens is 2. The molecule has 0 unspecified atom stereocenters. The standard InChI is InChI=1S/C30H21F11N4O4/c1-44-8-6-18(30(39,40)41)22(26(44)47)24-17-4-2-3-14(16(17)5-7-42-24)9-21(27(48)49)43-25(46)23-19(31)10-15(11-20(23)32)45(12-28(33,34)35)13-29(36,37)38/h2-8,10-11,21H,9,12-13H2,1H3,(H,43,46)(H,48,49)/t21-/m0/s1. The second kappa shape index (κ2) is 13.3. The molecule has 1 atom stereocenters. The summed E-state index contributed by atoms with van der Waals surface area (Å²) in [4.78, 5) is 41.4. The molecule has 0 aliphatic rings. The molecule has 4 rings (SSSR count). The van der Waals surface area contributed by atoms with Crippen molar-refractivity contribution in [3.8, 4) is 11.3 Å². The molecule has 2 aromatic heterocycles. The lowest BCUT2D eigenvalue weighted by molar-refractivity contribution is -0.139. The van der Waals surface area contributed by atoms with E-state index in [2.05, 4.69) is 4.98 Å². The fraction of sp³-hybridized carbons (Fsp3) is 0.267. The Bertz CT molecular complexity index is 1930. The van der Waals surface area contributed by atoms with Gasteiger partial charge in [0.15, 0.2) is 0 Å². The number of halogens is 11. The zero-order valence-corrected chi connectivity index (χ0v) is 24.6. The molecule has 19 heteroatoms. The number of nitrogens with zero attached hydrogens (tertiary/aromatic N) is 3. The monoisotopic (exact) mass is 710 g/mol. The van der Waals surface area contributed by atoms with Crippen molar-refractivity contribution in [3.05, 3.63) is 93.5 Å². The van der Waals surface area contributed by atoms with Crippen LogP contribution < -0.4 is 15.8 Å². The van der Waals surface area contributed by atoms with Crippen molar-refractivity contribution in [1.29, 1.82) is 0 Å². The number of alkyl halides is 9. The molecular formula is C30H21F11N4O4. The molecule has 49 heavy (non-hydrogen) atoms. The van der Waals surface area contributed by atoms with Gasteiger partial charge in [0, 0.05) is 36.9 Å². The van der Waals surface area contributed by atoms with Gasteiger partial charge in [0.25, 0.3) is 11.5 Å². The van der Waals surface area contributed by atoms with Crippen LogP contribution in [0.4, 0.5) is 54.0 Å². The number of nitrogens with one attached hydrogen (secondary N) is 1. The number of benzene rings is 2. The minimum absolute atomic E-state index is 0.0285. The highest BCUT2D eigenvalue weighted by Crippen LogP contribution is 2.37. The Hall–Kier alpha value is -5.23. The number of carbonyl (C=O) groups excluding carboxylic acids is 1. The number of pyridine rings is 2. The second-order valence-corrected chi connectivity index (χ2v) is 10.6. The van der Waals surface area contributed by atoms with Crippen molar-refractivity contribution in [3.63, 3.8) is 0 Å². The summed E-state index contributed by atoms with van der Waals surface area (Å²) in [5.41, 5.74) is -6.23. The van der Waals surface area contributed by atoms with Crippen LogP contribution in [0.2, 0.25) is 0 Å². The number of hydrogen-bond acceptors (Lipinski definition) is 5. The van der Waals surface area contributed by atoms with Crippen LogP contribution in [-0.2, 0) is 24.4 Å². The Kier molecular flexibility index (Phi) is 9.97. The van der Waals surface area contributed by atoms with Crippen molar-refractivity contribution in [2.24, 2.45) is 7.05 Å². The van der Waals surface area contributed by atoms with Gasteiger partial charge in [-0.3, -0.25) is 14.6 Å². The molecule has 0 fully saturated rings. The van der Waals surface area contributed by atoms with Gasteiger partial charge in [0.2, 0.25) is 0 Å². The third kappa shape index (κ3) is 8.44. The first-order valence-electron chi connectivity index (χ1n) is 13.6. The van der Waals surface area contributed by atoms with Gasteiger partial charge < -0.3 is 19.9 Å². The smallest absolute Gasteiger partial charge is 0.417 e. The van der Waals surface area contributed by atoms with Crippen LogP contribution in [0.15, 0.2) is 59.7 Å². The summed E-state index contributed by atoms with van der Waals surface area (Å²) in [5, 5.41) is 11.7. The maximum Gasteiger partial charge on any atom is 0.417 e. The largest absolute Gasteiger partial charge is 0.480 e. The van der Waals surface area contributed by atoms with Crippen LogP contribution in [0.1, 0.15) is 21.5 Å². The summed E-state index contributed by atoms with van der Waals surface area (Å²) in [6.07, 6.45) is -14.1. The number of hydrogen-bond donors (Lipinski definition) is 2. The van der Waals surface area contributed by atoms with E-state index in [1.165, 1.54) is 31.3 Å². The van der Waals surface area contributed by atoms with Crippen LogP contribution >= 0.6 is 0 Å². The molecule has 0 bridgehead atoms. The molecule has 8 nitrogen and oxygen atoms in total. The van der Waals surface area contributed by atoms with E-state index in [4.69, 9.17) is 0 Å². The summed E-state index contributed by atoms with van der Waals surface area (Å²) in [7, 11) is 1.21. The van der Waals surface area contributed by atoms with Gasteiger partial charge in [0.1, 0.15) is 36.3 Å². The molecule has 0 aliphatic carbocycles. The number of carbonyl (C=O) groups is 2. The van der Waals surface area contributed by atoms with Gasteiger partial charge in [-0.25, -0.2) is 13.6 Å². The highest BCUT2D eigenvalue weighted by atomic mass is 19.4. The van der Waals surface area contributed by atoms with Gasteiger partial charge >= 0.3 is 24.5 Å². The molecule has 1 amide bonds. The lowest BCUT2D eigenvalue weighted by Crippen LogP contribution is -2.43.